The number of sulfonamides is 1. The van der Waals surface area contributed by atoms with Crippen LogP contribution in [0.15, 0.2) is 52.0 Å². The molecule has 27 heavy (non-hydrogen) atoms. The number of hydrogen-bond acceptors (Lipinski definition) is 4. The van der Waals surface area contributed by atoms with E-state index < -0.39 is 15.8 Å². The first-order chi connectivity index (χ1) is 12.9. The number of hydrogen-bond donors (Lipinski definition) is 0. The van der Waals surface area contributed by atoms with Gasteiger partial charge >= 0.3 is 0 Å². The van der Waals surface area contributed by atoms with E-state index in [1.54, 1.807) is 10.6 Å². The number of rotatable bonds is 5. The van der Waals surface area contributed by atoms with E-state index in [2.05, 4.69) is 11.9 Å². The second-order valence-corrected chi connectivity index (χ2v) is 9.63. The van der Waals surface area contributed by atoms with Crippen molar-refractivity contribution in [3.63, 3.8) is 0 Å². The van der Waals surface area contributed by atoms with Gasteiger partial charge in [-0.05, 0) is 68.1 Å². The highest BCUT2D eigenvalue weighted by atomic mass is 32.2. The Morgan fingerprint density at radius 3 is 2.67 bits per heavy atom. The number of nitrogens with zero attached hydrogens (tertiary/aromatic N) is 2. The monoisotopic (exact) mass is 392 g/mol. The largest absolute Gasteiger partial charge is 0.468 e. The fraction of sp³-hybridized carbons (Fsp3) is 0.500. The number of furan rings is 1. The summed E-state index contributed by atoms with van der Waals surface area (Å²) >= 11 is 0. The second-order valence-electron chi connectivity index (χ2n) is 7.69. The molecular weight excluding hydrogens is 367 g/mol. The molecule has 4 rings (SSSR count). The van der Waals surface area contributed by atoms with E-state index in [0.29, 0.717) is 31.0 Å². The van der Waals surface area contributed by atoms with Crippen molar-refractivity contribution < 1.29 is 17.2 Å². The number of benzene rings is 1. The Morgan fingerprint density at radius 1 is 1.19 bits per heavy atom. The van der Waals surface area contributed by atoms with Crippen LogP contribution in [-0.2, 0) is 16.6 Å². The maximum atomic E-state index is 13.2. The molecule has 1 aromatic heterocycles. The lowest BCUT2D eigenvalue weighted by Crippen LogP contribution is -2.43. The van der Waals surface area contributed by atoms with Crippen molar-refractivity contribution in [2.24, 2.45) is 11.8 Å². The van der Waals surface area contributed by atoms with E-state index in [4.69, 9.17) is 4.42 Å². The minimum atomic E-state index is -3.58. The summed E-state index contributed by atoms with van der Waals surface area (Å²) in [7, 11) is -1.49. The van der Waals surface area contributed by atoms with Gasteiger partial charge in [0.15, 0.2) is 0 Å². The van der Waals surface area contributed by atoms with E-state index in [1.807, 2.05) is 12.1 Å². The van der Waals surface area contributed by atoms with Crippen LogP contribution in [0.4, 0.5) is 4.39 Å². The highest BCUT2D eigenvalue weighted by Gasteiger charge is 2.45. The highest BCUT2D eigenvalue weighted by molar-refractivity contribution is 7.89. The molecule has 0 N–H and O–H groups in total. The van der Waals surface area contributed by atoms with Crippen LogP contribution >= 0.6 is 0 Å². The average molecular weight is 392 g/mol. The van der Waals surface area contributed by atoms with E-state index in [1.165, 1.54) is 24.3 Å². The number of halogens is 1. The molecule has 7 heteroatoms. The molecule has 0 amide bonds. The molecule has 3 atom stereocenters. The zero-order valence-corrected chi connectivity index (χ0v) is 16.2. The second kappa shape index (κ2) is 7.37. The van der Waals surface area contributed by atoms with Gasteiger partial charge in [0, 0.05) is 19.1 Å². The summed E-state index contributed by atoms with van der Waals surface area (Å²) < 4.78 is 46.2. The quantitative estimate of drug-likeness (QED) is 0.783. The van der Waals surface area contributed by atoms with Crippen molar-refractivity contribution in [1.29, 1.82) is 0 Å². The van der Waals surface area contributed by atoms with Crippen LogP contribution in [0.1, 0.15) is 25.0 Å². The first kappa shape index (κ1) is 18.7. The first-order valence-corrected chi connectivity index (χ1v) is 10.9. The molecular formula is C20H25FN2O3S. The van der Waals surface area contributed by atoms with Crippen LogP contribution in [0.2, 0.25) is 0 Å². The van der Waals surface area contributed by atoms with Crippen LogP contribution in [0.25, 0.3) is 0 Å². The van der Waals surface area contributed by atoms with Gasteiger partial charge in [0.25, 0.3) is 0 Å². The van der Waals surface area contributed by atoms with Crippen LogP contribution in [0.3, 0.4) is 0 Å². The van der Waals surface area contributed by atoms with E-state index in [9.17, 15) is 12.8 Å². The molecule has 1 unspecified atom stereocenters. The van der Waals surface area contributed by atoms with Gasteiger partial charge in [-0.2, -0.15) is 4.31 Å². The Labute approximate surface area is 159 Å². The molecule has 2 fully saturated rings. The van der Waals surface area contributed by atoms with Crippen LogP contribution in [-0.4, -0.2) is 43.8 Å². The van der Waals surface area contributed by atoms with E-state index in [-0.39, 0.29) is 4.90 Å². The van der Waals surface area contributed by atoms with Gasteiger partial charge in [-0.1, -0.05) is 6.42 Å². The summed E-state index contributed by atoms with van der Waals surface area (Å²) in [5, 5.41) is 0. The highest BCUT2D eigenvalue weighted by Crippen LogP contribution is 2.40. The van der Waals surface area contributed by atoms with Crippen LogP contribution < -0.4 is 0 Å². The smallest absolute Gasteiger partial charge is 0.243 e. The lowest BCUT2D eigenvalue weighted by Gasteiger charge is -2.38. The van der Waals surface area contributed by atoms with Gasteiger partial charge in [0.1, 0.15) is 11.6 Å². The van der Waals surface area contributed by atoms with Gasteiger partial charge < -0.3 is 4.42 Å². The van der Waals surface area contributed by atoms with Crippen molar-refractivity contribution in [2.75, 3.05) is 20.1 Å². The van der Waals surface area contributed by atoms with Gasteiger partial charge in [-0.3, -0.25) is 4.90 Å². The summed E-state index contributed by atoms with van der Waals surface area (Å²) in [5.74, 6) is 1.18. The zero-order valence-electron chi connectivity index (χ0n) is 15.4. The molecule has 1 saturated carbocycles. The predicted molar refractivity (Wildman–Crippen MR) is 100.0 cm³/mol. The van der Waals surface area contributed by atoms with Gasteiger partial charge in [-0.25, -0.2) is 12.8 Å². The Balaban J connectivity index is 1.51. The maximum absolute atomic E-state index is 13.2. The molecule has 0 spiro atoms. The Kier molecular flexibility index (Phi) is 5.09. The summed E-state index contributed by atoms with van der Waals surface area (Å²) in [4.78, 5) is 2.46. The molecule has 2 aliphatic rings. The summed E-state index contributed by atoms with van der Waals surface area (Å²) in [6, 6.07) is 9.31. The average Bonchev–Trinajstić information content (AvgIpc) is 3.31. The fourth-order valence-corrected chi connectivity index (χ4v) is 6.20. The molecule has 2 aromatic rings. The first-order valence-electron chi connectivity index (χ1n) is 9.43. The fourth-order valence-electron chi connectivity index (χ4n) is 4.66. The minimum absolute atomic E-state index is 0.169. The molecule has 1 saturated heterocycles. The van der Waals surface area contributed by atoms with Crippen molar-refractivity contribution >= 4 is 10.0 Å². The molecule has 0 radical (unpaired) electrons. The minimum Gasteiger partial charge on any atom is -0.468 e. The van der Waals surface area contributed by atoms with Crippen LogP contribution in [0.5, 0.6) is 0 Å². The Hall–Kier alpha value is -1.70. The Morgan fingerprint density at radius 2 is 1.96 bits per heavy atom. The van der Waals surface area contributed by atoms with Gasteiger partial charge in [0.05, 0.1) is 17.7 Å². The maximum Gasteiger partial charge on any atom is 0.243 e. The SMILES string of the molecule is CN(Cc1ccco1)C1CCC[C@@H]2CN(S(=O)(=O)c3ccc(F)cc3)C[C@H]12. The number of fused-ring (bicyclic) bond motifs is 1. The predicted octanol–water partition coefficient (Wildman–Crippen LogP) is 3.34. The van der Waals surface area contributed by atoms with Gasteiger partial charge in [0.2, 0.25) is 10.0 Å². The standard InChI is InChI=1S/C20H25FN2O3S/c1-22(13-17-5-3-11-26-17)20-6-2-4-15-12-23(14-19(15)20)27(24,25)18-9-7-16(21)8-10-18/h3,5,7-11,15,19-20H,2,4,6,12-14H2,1H3/t15-,19+,20?/m1/s1. The third-order valence-corrected chi connectivity index (χ3v) is 7.88. The molecule has 1 aromatic carbocycles. The van der Waals surface area contributed by atoms with Crippen molar-refractivity contribution in [1.82, 2.24) is 9.21 Å². The molecule has 1 aliphatic carbocycles. The third-order valence-electron chi connectivity index (χ3n) is 6.03. The lowest BCUT2D eigenvalue weighted by molar-refractivity contribution is 0.0999. The molecule has 5 nitrogen and oxygen atoms in total. The van der Waals surface area contributed by atoms with Crippen LogP contribution in [0, 0.1) is 17.7 Å². The lowest BCUT2D eigenvalue weighted by atomic mass is 9.77. The summed E-state index contributed by atoms with van der Waals surface area (Å²) in [6.07, 6.45) is 4.92. The normalized spacial score (nSPS) is 26.4. The van der Waals surface area contributed by atoms with Crippen molar-refractivity contribution in [2.45, 2.75) is 36.7 Å². The topological polar surface area (TPSA) is 53.8 Å². The molecule has 0 bridgehead atoms. The molecule has 146 valence electrons. The van der Waals surface area contributed by atoms with Gasteiger partial charge in [-0.15, -0.1) is 0 Å². The summed E-state index contributed by atoms with van der Waals surface area (Å²) in [5.41, 5.74) is 0. The van der Waals surface area contributed by atoms with E-state index in [0.717, 1.165) is 31.6 Å². The zero-order chi connectivity index (χ0) is 19.0. The van der Waals surface area contributed by atoms with Crippen molar-refractivity contribution in [3.05, 3.63) is 54.2 Å². The third kappa shape index (κ3) is 3.68. The van der Waals surface area contributed by atoms with E-state index >= 15 is 0 Å². The molecule has 2 heterocycles. The van der Waals surface area contributed by atoms with Crippen molar-refractivity contribution in [3.8, 4) is 0 Å². The Bertz CT molecular complexity index is 867. The molecule has 1 aliphatic heterocycles. The summed E-state index contributed by atoms with van der Waals surface area (Å²) in [6.45, 7) is 1.80.